The molecule has 36 heavy (non-hydrogen) atoms. The predicted octanol–water partition coefficient (Wildman–Crippen LogP) is -6.89. The van der Waals surface area contributed by atoms with Gasteiger partial charge in [-0.3, -0.25) is 4.99 Å². The molecule has 14 nitrogen and oxygen atoms in total. The summed E-state index contributed by atoms with van der Waals surface area (Å²) in [5.41, 5.74) is 0. The van der Waals surface area contributed by atoms with Crippen LogP contribution < -0.4 is 34.7 Å². The van der Waals surface area contributed by atoms with Crippen LogP contribution >= 0.6 is 11.8 Å². The quantitative estimate of drug-likeness (QED) is 0.0805. The number of carboxylic acids is 1. The first-order valence-corrected chi connectivity index (χ1v) is 12.0. The van der Waals surface area contributed by atoms with Crippen LogP contribution in [0.25, 0.3) is 0 Å². The molecule has 0 bridgehead atoms. The van der Waals surface area contributed by atoms with E-state index in [2.05, 4.69) is 4.99 Å². The predicted molar refractivity (Wildman–Crippen MR) is 115 cm³/mol. The summed E-state index contributed by atoms with van der Waals surface area (Å²) in [5.74, 6) is -3.64. The van der Waals surface area contributed by atoms with E-state index in [0.29, 0.717) is 11.8 Å². The molecule has 3 heterocycles. The standard InChI is InChI=1S/C20H33NO13S.Na/c1-7(23)21-11-8(24)4-20(18(29)30,33-15(11)12(27)9(25)5-22)35-6-10(26)14-13(28)16-17(31-14)34-19(2,3)32-16;/h8-17,22,24-28H,4-6H2,1-3H3,(H,21,23)(H,29,30);/q;+1/p-1/t8-,9+,10+,11+,12+,13-,14+,15+,16+,17+,20-;/m0./s1. The molecule has 3 rings (SSSR count). The first-order valence-electron chi connectivity index (χ1n) is 11.0. The number of nitrogens with zero attached hydrogens (tertiary/aromatic N) is 1. The van der Waals surface area contributed by atoms with Crippen molar-refractivity contribution in [3.8, 4) is 0 Å². The molecule has 0 aliphatic carbocycles. The summed E-state index contributed by atoms with van der Waals surface area (Å²) >= 11 is 0.557. The van der Waals surface area contributed by atoms with Gasteiger partial charge in [-0.25, -0.2) is 4.79 Å². The van der Waals surface area contributed by atoms with Crippen LogP contribution in [0.15, 0.2) is 4.99 Å². The van der Waals surface area contributed by atoms with Crippen LogP contribution in [0.4, 0.5) is 0 Å². The van der Waals surface area contributed by atoms with Crippen molar-refractivity contribution in [2.75, 3.05) is 12.4 Å². The number of aliphatic imine (C=N–C) groups is 1. The second kappa shape index (κ2) is 12.4. The van der Waals surface area contributed by atoms with Gasteiger partial charge in [-0.2, -0.15) is 0 Å². The molecule has 202 valence electrons. The molecule has 0 aromatic rings. The average molecular weight is 550 g/mol. The van der Waals surface area contributed by atoms with Crippen molar-refractivity contribution in [2.45, 2.75) is 99.1 Å². The van der Waals surface area contributed by atoms with Crippen LogP contribution in [0.1, 0.15) is 27.2 Å². The molecule has 11 atom stereocenters. The van der Waals surface area contributed by atoms with Crippen LogP contribution in [-0.2, 0) is 23.7 Å². The molecule has 0 unspecified atom stereocenters. The maximum atomic E-state index is 12.2. The third kappa shape index (κ3) is 6.71. The monoisotopic (exact) mass is 549 g/mol. The van der Waals surface area contributed by atoms with Crippen molar-refractivity contribution in [1.82, 2.24) is 0 Å². The van der Waals surface area contributed by atoms with E-state index in [0.717, 1.165) is 6.92 Å². The Kier molecular flexibility index (Phi) is 11.0. The van der Waals surface area contributed by atoms with E-state index in [4.69, 9.17) is 18.9 Å². The van der Waals surface area contributed by atoms with Crippen LogP contribution in [0, 0.1) is 0 Å². The third-order valence-corrected chi connectivity index (χ3v) is 7.44. The van der Waals surface area contributed by atoms with Gasteiger partial charge in [-0.15, -0.1) is 11.8 Å². The number of hydrogen-bond donors (Lipinski definition) is 7. The van der Waals surface area contributed by atoms with Crippen molar-refractivity contribution in [1.29, 1.82) is 0 Å². The molecule has 0 aromatic carbocycles. The van der Waals surface area contributed by atoms with Crippen molar-refractivity contribution in [3.05, 3.63) is 0 Å². The van der Waals surface area contributed by atoms with E-state index in [1.165, 1.54) is 0 Å². The van der Waals surface area contributed by atoms with Gasteiger partial charge in [-0.05, 0) is 26.7 Å². The Hall–Kier alpha value is -0.110. The van der Waals surface area contributed by atoms with Gasteiger partial charge >= 0.3 is 35.5 Å². The second-order valence-electron chi connectivity index (χ2n) is 9.23. The minimum Gasteiger partial charge on any atom is -0.862 e. The van der Waals surface area contributed by atoms with Crippen molar-refractivity contribution in [3.63, 3.8) is 0 Å². The molecule has 3 aliphatic heterocycles. The number of ether oxygens (including phenoxy) is 4. The van der Waals surface area contributed by atoms with Gasteiger partial charge in [0.25, 0.3) is 0 Å². The zero-order valence-corrected chi connectivity index (χ0v) is 23.1. The maximum Gasteiger partial charge on any atom is 1.00 e. The summed E-state index contributed by atoms with van der Waals surface area (Å²) in [7, 11) is 0. The van der Waals surface area contributed by atoms with Gasteiger partial charge in [-0.1, -0.05) is 0 Å². The Bertz CT molecular complexity index is 802. The first kappa shape index (κ1) is 32.1. The van der Waals surface area contributed by atoms with Crippen LogP contribution in [0.3, 0.4) is 0 Å². The fourth-order valence-corrected chi connectivity index (χ4v) is 5.58. The summed E-state index contributed by atoms with van der Waals surface area (Å²) in [6, 6.07) is -1.42. The van der Waals surface area contributed by atoms with Crippen molar-refractivity contribution >= 4 is 23.6 Å². The van der Waals surface area contributed by atoms with E-state index in [9.17, 15) is 45.6 Å². The van der Waals surface area contributed by atoms with Crippen LogP contribution in [0.5, 0.6) is 0 Å². The van der Waals surface area contributed by atoms with Gasteiger partial charge in [0, 0.05) is 12.2 Å². The van der Waals surface area contributed by atoms with E-state index in [-0.39, 0.29) is 35.3 Å². The molecule has 7 N–H and O–H groups in total. The van der Waals surface area contributed by atoms with E-state index in [1.807, 2.05) is 0 Å². The number of aliphatic carboxylic acids is 1. The summed E-state index contributed by atoms with van der Waals surface area (Å²) in [5, 5.41) is 82.8. The minimum absolute atomic E-state index is 0. The molecule has 16 heteroatoms. The molecule has 3 fully saturated rings. The number of carbonyl (C=O) groups is 1. The molecule has 0 aromatic heterocycles. The number of rotatable bonds is 9. The summed E-state index contributed by atoms with van der Waals surface area (Å²) in [6.07, 6.45) is -13.2. The largest absolute Gasteiger partial charge is 1.00 e. The molecule has 3 aliphatic rings. The van der Waals surface area contributed by atoms with E-state index >= 15 is 0 Å². The number of aliphatic hydroxyl groups is 6. The smallest absolute Gasteiger partial charge is 0.862 e. The molecule has 0 radical (unpaired) electrons. The number of hydrogen-bond acceptors (Lipinski definition) is 14. The fourth-order valence-electron chi connectivity index (χ4n) is 4.36. The summed E-state index contributed by atoms with van der Waals surface area (Å²) in [4.78, 5) is 13.7. The van der Waals surface area contributed by atoms with Crippen LogP contribution in [0.2, 0.25) is 0 Å². The molecular weight excluding hydrogens is 517 g/mol. The Balaban J connectivity index is 0.00000456. The Labute approximate surface area is 233 Å². The van der Waals surface area contributed by atoms with Gasteiger partial charge < -0.3 is 59.8 Å². The number of thioether (sulfide) groups is 1. The Morgan fingerprint density at radius 3 is 2.33 bits per heavy atom. The zero-order valence-electron chi connectivity index (χ0n) is 20.3. The fraction of sp³-hybridized carbons (Fsp3) is 0.900. The Morgan fingerprint density at radius 2 is 1.81 bits per heavy atom. The van der Waals surface area contributed by atoms with Gasteiger partial charge in [0.15, 0.2) is 12.1 Å². The molecule has 0 spiro atoms. The van der Waals surface area contributed by atoms with Crippen molar-refractivity contribution in [2.24, 2.45) is 4.99 Å². The second-order valence-corrected chi connectivity index (χ2v) is 10.5. The number of fused-ring (bicyclic) bond motifs is 1. The van der Waals surface area contributed by atoms with Gasteiger partial charge in [0.1, 0.15) is 42.7 Å². The minimum atomic E-state index is -2.24. The topological polar surface area (TPSA) is 231 Å². The van der Waals surface area contributed by atoms with Gasteiger partial charge in [0.2, 0.25) is 4.93 Å². The number of carboxylic acid groups (broad SMARTS) is 1. The molecule has 3 saturated heterocycles. The SMILES string of the molecule is CC([O-])=N[C@H]1[C@H]([C@H](O)[C@H](O)CO)O[C@@](SC[C@@H](O)[C@H]2O[C@@H]3OC(C)(C)O[C@@H]3[C@H]2O)(C(=O)O)C[C@@H]1O.[Na+]. The van der Waals surface area contributed by atoms with Gasteiger partial charge in [0.05, 0.1) is 18.8 Å². The zero-order chi connectivity index (χ0) is 26.3. The van der Waals surface area contributed by atoms with Crippen LogP contribution in [-0.4, -0.2) is 132 Å². The first-order chi connectivity index (χ1) is 16.2. The van der Waals surface area contributed by atoms with Crippen molar-refractivity contribution < 1.29 is 94.2 Å². The molecule has 0 saturated carbocycles. The average Bonchev–Trinajstić information content (AvgIpc) is 3.24. The maximum absolute atomic E-state index is 12.2. The Morgan fingerprint density at radius 1 is 1.17 bits per heavy atom. The molecular formula is C20H32NNaO13S. The summed E-state index contributed by atoms with van der Waals surface area (Å²) < 4.78 is 22.3. The third-order valence-electron chi connectivity index (χ3n) is 6.03. The summed E-state index contributed by atoms with van der Waals surface area (Å²) in [6.45, 7) is 3.44. The normalized spacial score (nSPS) is 40.7. The van der Waals surface area contributed by atoms with E-state index < -0.39 is 96.8 Å². The molecule has 0 amide bonds. The number of aliphatic hydroxyl groups excluding tert-OH is 6. The van der Waals surface area contributed by atoms with E-state index in [1.54, 1.807) is 13.8 Å².